The van der Waals surface area contributed by atoms with Gasteiger partial charge in [0.2, 0.25) is 0 Å². The van der Waals surface area contributed by atoms with Crippen molar-refractivity contribution >= 4 is 0 Å². The van der Waals surface area contributed by atoms with Gasteiger partial charge in [-0.2, -0.15) is 26.3 Å². The first-order chi connectivity index (χ1) is 8.54. The number of nitrogens with two attached hydrogens (primary N) is 1. The first-order valence-electron chi connectivity index (χ1n) is 5.20. The lowest BCUT2D eigenvalue weighted by Crippen LogP contribution is -2.20. The van der Waals surface area contributed by atoms with Gasteiger partial charge in [-0.1, -0.05) is 6.08 Å². The molecule has 0 aromatic heterocycles. The first kappa shape index (κ1) is 15.6. The van der Waals surface area contributed by atoms with Crippen LogP contribution in [0.5, 0.6) is 0 Å². The van der Waals surface area contributed by atoms with Crippen LogP contribution in [0.3, 0.4) is 0 Å². The molecule has 1 aromatic rings. The van der Waals surface area contributed by atoms with E-state index in [4.69, 9.17) is 5.73 Å². The van der Waals surface area contributed by atoms with E-state index in [1.54, 1.807) is 0 Å². The Morgan fingerprint density at radius 3 is 1.74 bits per heavy atom. The van der Waals surface area contributed by atoms with Crippen LogP contribution < -0.4 is 5.73 Å². The lowest BCUT2D eigenvalue weighted by molar-refractivity contribution is -0.143. The molecule has 0 fully saturated rings. The molecule has 2 N–H and O–H groups in total. The molecule has 106 valence electrons. The summed E-state index contributed by atoms with van der Waals surface area (Å²) in [7, 11) is 0. The molecule has 0 heterocycles. The zero-order valence-corrected chi connectivity index (χ0v) is 9.65. The summed E-state index contributed by atoms with van der Waals surface area (Å²) in [5, 5.41) is 0. The molecule has 0 radical (unpaired) electrons. The van der Waals surface area contributed by atoms with Crippen molar-refractivity contribution < 1.29 is 26.3 Å². The molecule has 0 aliphatic rings. The van der Waals surface area contributed by atoms with Crippen LogP contribution in [-0.4, -0.2) is 6.04 Å². The van der Waals surface area contributed by atoms with E-state index in [1.165, 1.54) is 6.08 Å². The van der Waals surface area contributed by atoms with Gasteiger partial charge in [0, 0.05) is 6.04 Å². The summed E-state index contributed by atoms with van der Waals surface area (Å²) in [6, 6.07) is 0.713. The monoisotopic (exact) mass is 283 g/mol. The van der Waals surface area contributed by atoms with Gasteiger partial charge in [-0.15, -0.1) is 6.58 Å². The standard InChI is InChI=1S/C12H11F6N/c1-2-10(19)5-7-3-8(11(13,14)15)6-9(4-7)12(16,17)18/h2-4,6,10H,1,5,19H2. The largest absolute Gasteiger partial charge is 0.416 e. The van der Waals surface area contributed by atoms with Crippen LogP contribution in [0.15, 0.2) is 30.9 Å². The van der Waals surface area contributed by atoms with Gasteiger partial charge in [-0.3, -0.25) is 0 Å². The van der Waals surface area contributed by atoms with Crippen LogP contribution in [-0.2, 0) is 18.8 Å². The average Bonchev–Trinajstić information content (AvgIpc) is 2.26. The lowest BCUT2D eigenvalue weighted by Gasteiger charge is -2.15. The topological polar surface area (TPSA) is 26.0 Å². The van der Waals surface area contributed by atoms with E-state index in [2.05, 4.69) is 6.58 Å². The van der Waals surface area contributed by atoms with Crippen molar-refractivity contribution in [1.29, 1.82) is 0 Å². The van der Waals surface area contributed by atoms with Crippen LogP contribution in [0, 0.1) is 0 Å². The Labute approximate surface area is 105 Å². The number of hydrogen-bond donors (Lipinski definition) is 1. The summed E-state index contributed by atoms with van der Waals surface area (Å²) >= 11 is 0. The fraction of sp³-hybridized carbons (Fsp3) is 0.333. The summed E-state index contributed by atoms with van der Waals surface area (Å²) < 4.78 is 75.2. The third kappa shape index (κ3) is 4.27. The zero-order valence-electron chi connectivity index (χ0n) is 9.65. The van der Waals surface area contributed by atoms with Crippen LogP contribution in [0.2, 0.25) is 0 Å². The molecule has 7 heteroatoms. The van der Waals surface area contributed by atoms with Gasteiger partial charge in [0.05, 0.1) is 11.1 Å². The molecule has 0 aliphatic carbocycles. The molecule has 1 atom stereocenters. The minimum absolute atomic E-state index is 0.0862. The summed E-state index contributed by atoms with van der Waals surface area (Å²) in [5.41, 5.74) is 2.63. The highest BCUT2D eigenvalue weighted by atomic mass is 19.4. The maximum absolute atomic E-state index is 12.5. The Balaban J connectivity index is 3.28. The van der Waals surface area contributed by atoms with Gasteiger partial charge >= 0.3 is 12.4 Å². The number of alkyl halides is 6. The zero-order chi connectivity index (χ0) is 14.8. The van der Waals surface area contributed by atoms with E-state index in [-0.39, 0.29) is 18.1 Å². The molecule has 1 rings (SSSR count). The van der Waals surface area contributed by atoms with E-state index in [9.17, 15) is 26.3 Å². The highest BCUT2D eigenvalue weighted by Gasteiger charge is 2.36. The number of halogens is 6. The maximum atomic E-state index is 12.5. The average molecular weight is 283 g/mol. The van der Waals surface area contributed by atoms with Crippen LogP contribution in [0.1, 0.15) is 16.7 Å². The van der Waals surface area contributed by atoms with Crippen molar-refractivity contribution in [1.82, 2.24) is 0 Å². The second kappa shape index (κ2) is 5.24. The van der Waals surface area contributed by atoms with Crippen LogP contribution in [0.25, 0.3) is 0 Å². The molecule has 0 spiro atoms. The molecule has 0 amide bonds. The second-order valence-corrected chi connectivity index (χ2v) is 4.02. The lowest BCUT2D eigenvalue weighted by atomic mass is 10.00. The van der Waals surface area contributed by atoms with Gasteiger partial charge in [0.25, 0.3) is 0 Å². The third-order valence-corrected chi connectivity index (χ3v) is 2.42. The quantitative estimate of drug-likeness (QED) is 0.663. The fourth-order valence-electron chi connectivity index (χ4n) is 1.49. The summed E-state index contributed by atoms with van der Waals surface area (Å²) in [5.74, 6) is 0. The van der Waals surface area contributed by atoms with Gasteiger partial charge in [-0.05, 0) is 30.2 Å². The molecule has 0 saturated heterocycles. The number of rotatable bonds is 3. The van der Waals surface area contributed by atoms with E-state index in [0.29, 0.717) is 12.1 Å². The summed E-state index contributed by atoms with van der Waals surface area (Å²) in [6.45, 7) is 3.33. The third-order valence-electron chi connectivity index (χ3n) is 2.42. The Morgan fingerprint density at radius 2 is 1.42 bits per heavy atom. The van der Waals surface area contributed by atoms with E-state index < -0.39 is 29.5 Å². The highest BCUT2D eigenvalue weighted by Crippen LogP contribution is 2.36. The van der Waals surface area contributed by atoms with Gasteiger partial charge in [0.1, 0.15) is 0 Å². The van der Waals surface area contributed by atoms with Crippen molar-refractivity contribution in [3.8, 4) is 0 Å². The van der Waals surface area contributed by atoms with Crippen LogP contribution >= 0.6 is 0 Å². The minimum atomic E-state index is -4.84. The Kier molecular flexibility index (Phi) is 4.29. The normalized spacial score (nSPS) is 14.3. The molecule has 0 saturated carbocycles. The predicted octanol–water partition coefficient (Wildman–Crippen LogP) is 3.78. The Hall–Kier alpha value is -1.50. The molecular formula is C12H11F6N. The molecule has 19 heavy (non-hydrogen) atoms. The molecular weight excluding hydrogens is 272 g/mol. The van der Waals surface area contributed by atoms with Crippen molar-refractivity contribution in [3.63, 3.8) is 0 Å². The Bertz CT molecular complexity index is 428. The molecule has 1 aromatic carbocycles. The summed E-state index contributed by atoms with van der Waals surface area (Å²) in [6.07, 6.45) is -8.56. The van der Waals surface area contributed by atoms with Crippen molar-refractivity contribution in [2.45, 2.75) is 24.8 Å². The second-order valence-electron chi connectivity index (χ2n) is 4.02. The van der Waals surface area contributed by atoms with Crippen molar-refractivity contribution in [2.24, 2.45) is 5.73 Å². The summed E-state index contributed by atoms with van der Waals surface area (Å²) in [4.78, 5) is 0. The van der Waals surface area contributed by atoms with E-state index in [0.717, 1.165) is 0 Å². The SMILES string of the molecule is C=CC(N)Cc1cc(C(F)(F)F)cc(C(F)(F)F)c1. The number of hydrogen-bond acceptors (Lipinski definition) is 1. The van der Waals surface area contributed by atoms with Gasteiger partial charge in [0.15, 0.2) is 0 Å². The van der Waals surface area contributed by atoms with E-state index >= 15 is 0 Å². The predicted molar refractivity (Wildman–Crippen MR) is 58.3 cm³/mol. The number of benzene rings is 1. The van der Waals surface area contributed by atoms with Gasteiger partial charge < -0.3 is 5.73 Å². The molecule has 0 bridgehead atoms. The maximum Gasteiger partial charge on any atom is 0.416 e. The van der Waals surface area contributed by atoms with Gasteiger partial charge in [-0.25, -0.2) is 0 Å². The molecule has 1 unspecified atom stereocenters. The Morgan fingerprint density at radius 1 is 1.00 bits per heavy atom. The van der Waals surface area contributed by atoms with Crippen LogP contribution in [0.4, 0.5) is 26.3 Å². The molecule has 0 aliphatic heterocycles. The van der Waals surface area contributed by atoms with Crippen molar-refractivity contribution in [2.75, 3.05) is 0 Å². The van der Waals surface area contributed by atoms with E-state index in [1.807, 2.05) is 0 Å². The fourth-order valence-corrected chi connectivity index (χ4v) is 1.49. The smallest absolute Gasteiger partial charge is 0.324 e. The first-order valence-corrected chi connectivity index (χ1v) is 5.20. The van der Waals surface area contributed by atoms with Crippen molar-refractivity contribution in [3.05, 3.63) is 47.5 Å². The highest BCUT2D eigenvalue weighted by molar-refractivity contribution is 5.34. The minimum Gasteiger partial charge on any atom is -0.324 e. The molecule has 1 nitrogen and oxygen atoms in total.